The lowest BCUT2D eigenvalue weighted by Crippen LogP contribution is -2.44. The number of nitrogens with one attached hydrogen (secondary N) is 1. The zero-order valence-corrected chi connectivity index (χ0v) is 10.4. The Kier molecular flexibility index (Phi) is 4.11. The third kappa shape index (κ3) is 3.08. The monoisotopic (exact) mass is 265 g/mol. The van der Waals surface area contributed by atoms with Crippen LogP contribution in [0.25, 0.3) is 0 Å². The van der Waals surface area contributed by atoms with Gasteiger partial charge in [-0.15, -0.1) is 0 Å². The van der Waals surface area contributed by atoms with E-state index >= 15 is 0 Å². The third-order valence-electron chi connectivity index (χ3n) is 3.39. The Morgan fingerprint density at radius 1 is 1.21 bits per heavy atom. The summed E-state index contributed by atoms with van der Waals surface area (Å²) in [7, 11) is 0. The molecule has 102 valence electrons. The van der Waals surface area contributed by atoms with Crippen molar-refractivity contribution in [3.8, 4) is 0 Å². The molecule has 3 N–H and O–H groups in total. The second kappa shape index (κ2) is 5.79. The maximum absolute atomic E-state index is 12.8. The number of halogens is 1. The number of hydrogen-bond acceptors (Lipinski definition) is 3. The molecule has 0 spiro atoms. The fraction of sp³-hybridized carbons (Fsp3) is 0.385. The summed E-state index contributed by atoms with van der Waals surface area (Å²) < 4.78 is 12.8. The molecule has 2 amide bonds. The molecule has 0 radical (unpaired) electrons. The Morgan fingerprint density at radius 3 is 2.32 bits per heavy atom. The number of hydrazine groups is 1. The van der Waals surface area contributed by atoms with Crippen molar-refractivity contribution < 1.29 is 14.0 Å². The standard InChI is InChI=1S/C13H16FN3O2/c14-11-3-1-10(2-4-11)13(19)17-7-5-9(6-8-17)12(18)16-15/h1-4,9H,5-8,15H2,(H,16,18). The second-order valence-electron chi connectivity index (χ2n) is 4.58. The largest absolute Gasteiger partial charge is 0.339 e. The van der Waals surface area contributed by atoms with Gasteiger partial charge in [0.1, 0.15) is 5.82 Å². The molecule has 6 heteroatoms. The van der Waals surface area contributed by atoms with Crippen LogP contribution in [-0.2, 0) is 4.79 Å². The normalized spacial score (nSPS) is 16.2. The zero-order chi connectivity index (χ0) is 13.8. The first-order valence-electron chi connectivity index (χ1n) is 6.17. The predicted molar refractivity (Wildman–Crippen MR) is 67.4 cm³/mol. The molecule has 1 saturated heterocycles. The molecular formula is C13H16FN3O2. The Hall–Kier alpha value is -1.95. The van der Waals surface area contributed by atoms with Gasteiger partial charge >= 0.3 is 0 Å². The first-order chi connectivity index (χ1) is 9.11. The summed E-state index contributed by atoms with van der Waals surface area (Å²) in [6.45, 7) is 1.02. The molecule has 1 aromatic rings. The van der Waals surface area contributed by atoms with Crippen LogP contribution in [-0.4, -0.2) is 29.8 Å². The summed E-state index contributed by atoms with van der Waals surface area (Å²) in [5, 5.41) is 0. The number of carbonyl (C=O) groups excluding carboxylic acids is 2. The fourth-order valence-corrected chi connectivity index (χ4v) is 2.24. The lowest BCUT2D eigenvalue weighted by atomic mass is 9.95. The number of benzene rings is 1. The van der Waals surface area contributed by atoms with Crippen molar-refractivity contribution in [1.29, 1.82) is 0 Å². The Bertz CT molecular complexity index is 467. The summed E-state index contributed by atoms with van der Waals surface area (Å²) in [4.78, 5) is 25.2. The van der Waals surface area contributed by atoms with Gasteiger partial charge in [0.05, 0.1) is 0 Å². The van der Waals surface area contributed by atoms with Crippen LogP contribution in [0.2, 0.25) is 0 Å². The van der Waals surface area contributed by atoms with E-state index in [-0.39, 0.29) is 23.5 Å². The van der Waals surface area contributed by atoms with Crippen molar-refractivity contribution in [2.45, 2.75) is 12.8 Å². The van der Waals surface area contributed by atoms with Crippen LogP contribution in [0, 0.1) is 11.7 Å². The van der Waals surface area contributed by atoms with Gasteiger partial charge in [-0.25, -0.2) is 10.2 Å². The molecule has 0 saturated carbocycles. The van der Waals surface area contributed by atoms with E-state index in [1.807, 2.05) is 0 Å². The highest BCUT2D eigenvalue weighted by Gasteiger charge is 2.27. The minimum absolute atomic E-state index is 0.133. The number of nitrogens with two attached hydrogens (primary N) is 1. The lowest BCUT2D eigenvalue weighted by molar-refractivity contribution is -0.126. The van der Waals surface area contributed by atoms with Gasteiger partial charge in [-0.3, -0.25) is 15.0 Å². The van der Waals surface area contributed by atoms with Crippen molar-refractivity contribution in [2.75, 3.05) is 13.1 Å². The molecular weight excluding hydrogens is 249 g/mol. The molecule has 0 bridgehead atoms. The molecule has 0 aromatic heterocycles. The molecule has 1 fully saturated rings. The molecule has 1 heterocycles. The van der Waals surface area contributed by atoms with E-state index in [4.69, 9.17) is 5.84 Å². The number of piperidine rings is 1. The Balaban J connectivity index is 1.96. The number of hydrogen-bond donors (Lipinski definition) is 2. The minimum Gasteiger partial charge on any atom is -0.339 e. The van der Waals surface area contributed by atoms with Gasteiger partial charge in [0.2, 0.25) is 5.91 Å². The molecule has 19 heavy (non-hydrogen) atoms. The summed E-state index contributed by atoms with van der Waals surface area (Å²) in [6.07, 6.45) is 1.19. The van der Waals surface area contributed by atoms with E-state index in [9.17, 15) is 14.0 Å². The smallest absolute Gasteiger partial charge is 0.253 e. The van der Waals surface area contributed by atoms with Gasteiger partial charge < -0.3 is 4.90 Å². The number of nitrogens with zero attached hydrogens (tertiary/aromatic N) is 1. The second-order valence-corrected chi connectivity index (χ2v) is 4.58. The van der Waals surface area contributed by atoms with Crippen molar-refractivity contribution >= 4 is 11.8 Å². The summed E-state index contributed by atoms with van der Waals surface area (Å²) in [5.74, 6) is 4.27. The Morgan fingerprint density at radius 2 is 1.79 bits per heavy atom. The Labute approximate surface area is 110 Å². The first-order valence-corrected chi connectivity index (χ1v) is 6.17. The highest BCUT2D eigenvalue weighted by Crippen LogP contribution is 2.19. The summed E-state index contributed by atoms with van der Waals surface area (Å²) in [5.41, 5.74) is 2.59. The maximum Gasteiger partial charge on any atom is 0.253 e. The van der Waals surface area contributed by atoms with Gasteiger partial charge in [0.15, 0.2) is 0 Å². The fourth-order valence-electron chi connectivity index (χ4n) is 2.24. The highest BCUT2D eigenvalue weighted by atomic mass is 19.1. The van der Waals surface area contributed by atoms with Crippen molar-refractivity contribution in [3.63, 3.8) is 0 Å². The van der Waals surface area contributed by atoms with Crippen LogP contribution < -0.4 is 11.3 Å². The van der Waals surface area contributed by atoms with E-state index in [1.54, 1.807) is 4.90 Å². The van der Waals surface area contributed by atoms with Gasteiger partial charge in [-0.1, -0.05) is 0 Å². The van der Waals surface area contributed by atoms with E-state index in [0.717, 1.165) is 0 Å². The van der Waals surface area contributed by atoms with Crippen LogP contribution >= 0.6 is 0 Å². The van der Waals surface area contributed by atoms with Crippen LogP contribution in [0.3, 0.4) is 0 Å². The first kappa shape index (κ1) is 13.5. The van der Waals surface area contributed by atoms with Crippen LogP contribution in [0.1, 0.15) is 23.2 Å². The number of carbonyl (C=O) groups is 2. The third-order valence-corrected chi connectivity index (χ3v) is 3.39. The molecule has 5 nitrogen and oxygen atoms in total. The van der Waals surface area contributed by atoms with Gasteiger partial charge in [-0.05, 0) is 37.1 Å². The van der Waals surface area contributed by atoms with Crippen molar-refractivity contribution in [2.24, 2.45) is 11.8 Å². The molecule has 0 atom stereocenters. The molecule has 2 rings (SSSR count). The van der Waals surface area contributed by atoms with Gasteiger partial charge in [0.25, 0.3) is 5.91 Å². The van der Waals surface area contributed by atoms with Crippen LogP contribution in [0.5, 0.6) is 0 Å². The topological polar surface area (TPSA) is 75.4 Å². The quantitative estimate of drug-likeness (QED) is 0.469. The van der Waals surface area contributed by atoms with Crippen LogP contribution in [0.15, 0.2) is 24.3 Å². The number of amides is 2. The molecule has 1 aliphatic heterocycles. The summed E-state index contributed by atoms with van der Waals surface area (Å²) in [6, 6.07) is 5.47. The van der Waals surface area contributed by atoms with E-state index in [1.165, 1.54) is 24.3 Å². The van der Waals surface area contributed by atoms with E-state index in [2.05, 4.69) is 5.43 Å². The summed E-state index contributed by atoms with van der Waals surface area (Å²) >= 11 is 0. The maximum atomic E-state index is 12.8. The molecule has 1 aromatic carbocycles. The zero-order valence-electron chi connectivity index (χ0n) is 10.4. The predicted octanol–water partition coefficient (Wildman–Crippen LogP) is 0.668. The SMILES string of the molecule is NNC(=O)C1CCN(C(=O)c2ccc(F)cc2)CC1. The van der Waals surface area contributed by atoms with Gasteiger partial charge in [0, 0.05) is 24.6 Å². The van der Waals surface area contributed by atoms with Crippen LogP contribution in [0.4, 0.5) is 4.39 Å². The van der Waals surface area contributed by atoms with Crippen molar-refractivity contribution in [1.82, 2.24) is 10.3 Å². The average molecular weight is 265 g/mol. The molecule has 0 aliphatic carbocycles. The van der Waals surface area contributed by atoms with E-state index < -0.39 is 0 Å². The average Bonchev–Trinajstić information content (AvgIpc) is 2.46. The van der Waals surface area contributed by atoms with Gasteiger partial charge in [-0.2, -0.15) is 0 Å². The number of rotatable bonds is 2. The molecule has 1 aliphatic rings. The highest BCUT2D eigenvalue weighted by molar-refractivity contribution is 5.94. The van der Waals surface area contributed by atoms with E-state index in [0.29, 0.717) is 31.5 Å². The number of likely N-dealkylation sites (tertiary alicyclic amines) is 1. The van der Waals surface area contributed by atoms with Crippen molar-refractivity contribution in [3.05, 3.63) is 35.6 Å². The minimum atomic E-state index is -0.366. The molecule has 0 unspecified atom stereocenters. The lowest BCUT2D eigenvalue weighted by Gasteiger charge is -2.31.